The zero-order chi connectivity index (χ0) is 18.1. The highest BCUT2D eigenvalue weighted by Gasteiger charge is 2.19. The van der Waals surface area contributed by atoms with Gasteiger partial charge in [-0.3, -0.25) is 9.59 Å². The fourth-order valence-electron chi connectivity index (χ4n) is 2.95. The summed E-state index contributed by atoms with van der Waals surface area (Å²) in [5.41, 5.74) is 0.837. The summed E-state index contributed by atoms with van der Waals surface area (Å²) in [7, 11) is 0. The fourth-order valence-corrected chi connectivity index (χ4v) is 2.95. The van der Waals surface area contributed by atoms with Crippen LogP contribution in [0.4, 0.5) is 4.79 Å². The molecule has 1 saturated carbocycles. The van der Waals surface area contributed by atoms with Gasteiger partial charge in [-0.25, -0.2) is 4.79 Å². The van der Waals surface area contributed by atoms with Crippen molar-refractivity contribution in [2.24, 2.45) is 0 Å². The number of nitrogens with one attached hydrogen (secondary N) is 2. The molecule has 0 radical (unpaired) electrons. The average Bonchev–Trinajstić information content (AvgIpc) is 2.60. The molecular weight excluding hydrogens is 322 g/mol. The first-order valence-electron chi connectivity index (χ1n) is 8.62. The van der Waals surface area contributed by atoms with Crippen LogP contribution in [0.2, 0.25) is 0 Å². The van der Waals surface area contributed by atoms with Crippen molar-refractivity contribution in [2.45, 2.75) is 44.7 Å². The van der Waals surface area contributed by atoms with Gasteiger partial charge in [-0.05, 0) is 18.4 Å². The number of hydrogen-bond donors (Lipinski definition) is 3. The van der Waals surface area contributed by atoms with E-state index in [4.69, 9.17) is 5.11 Å². The standard InChI is InChI=1S/C18H25N3O4/c22-16(11-19-18(25)20-15-9-5-2-6-10-15)21(13-17(23)24)12-14-7-3-1-4-8-14/h1,3-4,7-8,15H,2,5-6,9-13H2,(H,23,24)(H2,19,20,25). The minimum atomic E-state index is -1.09. The predicted octanol–water partition coefficient (Wildman–Crippen LogP) is 1.73. The quantitative estimate of drug-likeness (QED) is 0.699. The van der Waals surface area contributed by atoms with Crippen LogP contribution in [0.1, 0.15) is 37.7 Å². The maximum Gasteiger partial charge on any atom is 0.323 e. The lowest BCUT2D eigenvalue weighted by Gasteiger charge is -2.24. The number of carboxylic acid groups (broad SMARTS) is 1. The largest absolute Gasteiger partial charge is 0.480 e. The zero-order valence-corrected chi connectivity index (χ0v) is 14.2. The molecule has 0 aliphatic heterocycles. The lowest BCUT2D eigenvalue weighted by molar-refractivity contribution is -0.144. The van der Waals surface area contributed by atoms with Crippen LogP contribution in [0.3, 0.4) is 0 Å². The number of carbonyl (C=O) groups is 3. The molecule has 1 aromatic carbocycles. The number of carboxylic acids is 1. The van der Waals surface area contributed by atoms with Gasteiger partial charge >= 0.3 is 12.0 Å². The fraction of sp³-hybridized carbons (Fsp3) is 0.500. The summed E-state index contributed by atoms with van der Waals surface area (Å²) in [6.45, 7) is -0.434. The predicted molar refractivity (Wildman–Crippen MR) is 92.9 cm³/mol. The third-order valence-corrected chi connectivity index (χ3v) is 4.24. The summed E-state index contributed by atoms with van der Waals surface area (Å²) in [5, 5.41) is 14.4. The minimum Gasteiger partial charge on any atom is -0.480 e. The third kappa shape index (κ3) is 6.82. The molecule has 2 rings (SSSR count). The van der Waals surface area contributed by atoms with Gasteiger partial charge in [0.05, 0.1) is 6.54 Å². The topological polar surface area (TPSA) is 98.7 Å². The molecule has 0 saturated heterocycles. The van der Waals surface area contributed by atoms with Crippen LogP contribution in [0.5, 0.6) is 0 Å². The Morgan fingerprint density at radius 3 is 2.40 bits per heavy atom. The molecule has 0 bridgehead atoms. The summed E-state index contributed by atoms with van der Waals surface area (Å²) < 4.78 is 0. The van der Waals surface area contributed by atoms with Crippen LogP contribution >= 0.6 is 0 Å². The molecule has 1 aromatic rings. The molecule has 0 heterocycles. The molecule has 0 atom stereocenters. The lowest BCUT2D eigenvalue weighted by Crippen LogP contribution is -2.47. The van der Waals surface area contributed by atoms with Crippen LogP contribution < -0.4 is 10.6 Å². The van der Waals surface area contributed by atoms with Crippen LogP contribution in [0, 0.1) is 0 Å². The number of urea groups is 1. The van der Waals surface area contributed by atoms with Crippen LogP contribution in [0.25, 0.3) is 0 Å². The first kappa shape index (κ1) is 18.8. The van der Waals surface area contributed by atoms with Gasteiger partial charge < -0.3 is 20.6 Å². The molecule has 7 heteroatoms. The Morgan fingerprint density at radius 2 is 1.76 bits per heavy atom. The van der Waals surface area contributed by atoms with Crippen molar-refractivity contribution in [3.05, 3.63) is 35.9 Å². The molecule has 1 fully saturated rings. The second-order valence-electron chi connectivity index (χ2n) is 6.29. The van der Waals surface area contributed by atoms with E-state index in [1.165, 1.54) is 11.3 Å². The first-order valence-corrected chi connectivity index (χ1v) is 8.62. The molecule has 0 aromatic heterocycles. The summed E-state index contributed by atoms with van der Waals surface area (Å²) in [4.78, 5) is 36.4. The highest BCUT2D eigenvalue weighted by Crippen LogP contribution is 2.17. The zero-order valence-electron chi connectivity index (χ0n) is 14.2. The lowest BCUT2D eigenvalue weighted by atomic mass is 9.96. The van der Waals surface area contributed by atoms with E-state index in [9.17, 15) is 14.4 Å². The van der Waals surface area contributed by atoms with Gasteiger partial charge in [0.1, 0.15) is 6.54 Å². The molecular formula is C18H25N3O4. The maximum absolute atomic E-state index is 12.3. The van der Waals surface area contributed by atoms with Crippen molar-refractivity contribution < 1.29 is 19.5 Å². The van der Waals surface area contributed by atoms with Gasteiger partial charge in [0, 0.05) is 12.6 Å². The third-order valence-electron chi connectivity index (χ3n) is 4.24. The van der Waals surface area contributed by atoms with E-state index < -0.39 is 18.4 Å². The van der Waals surface area contributed by atoms with Crippen LogP contribution in [-0.2, 0) is 16.1 Å². The Hall–Kier alpha value is -2.57. The summed E-state index contributed by atoms with van der Waals surface area (Å²) in [5.74, 6) is -1.51. The van der Waals surface area contributed by atoms with Crippen LogP contribution in [-0.4, -0.2) is 47.0 Å². The minimum absolute atomic E-state index is 0.156. The Labute approximate surface area is 147 Å². The Bertz CT molecular complexity index is 585. The van der Waals surface area contributed by atoms with E-state index in [2.05, 4.69) is 10.6 Å². The van der Waals surface area contributed by atoms with Gasteiger partial charge in [-0.15, -0.1) is 0 Å². The molecule has 3 amide bonds. The monoisotopic (exact) mass is 347 g/mol. The molecule has 136 valence electrons. The van der Waals surface area contributed by atoms with Crippen molar-refractivity contribution in [3.63, 3.8) is 0 Å². The first-order chi connectivity index (χ1) is 12.0. The second-order valence-corrected chi connectivity index (χ2v) is 6.29. The van der Waals surface area contributed by atoms with Gasteiger partial charge in [0.15, 0.2) is 0 Å². The van der Waals surface area contributed by atoms with E-state index >= 15 is 0 Å². The Morgan fingerprint density at radius 1 is 1.08 bits per heavy atom. The van der Waals surface area contributed by atoms with Crippen molar-refractivity contribution in [3.8, 4) is 0 Å². The summed E-state index contributed by atoms with van der Waals surface area (Å²) >= 11 is 0. The van der Waals surface area contributed by atoms with Crippen LogP contribution in [0.15, 0.2) is 30.3 Å². The molecule has 25 heavy (non-hydrogen) atoms. The number of aliphatic carboxylic acids is 1. The van der Waals surface area contributed by atoms with Gasteiger partial charge in [-0.2, -0.15) is 0 Å². The van der Waals surface area contributed by atoms with Crippen molar-refractivity contribution in [1.29, 1.82) is 0 Å². The number of rotatable bonds is 7. The van der Waals surface area contributed by atoms with E-state index in [0.29, 0.717) is 0 Å². The molecule has 0 unspecified atom stereocenters. The molecule has 7 nitrogen and oxygen atoms in total. The average molecular weight is 347 g/mol. The molecule has 0 spiro atoms. The highest BCUT2D eigenvalue weighted by atomic mass is 16.4. The van der Waals surface area contributed by atoms with E-state index in [-0.39, 0.29) is 25.2 Å². The number of carbonyl (C=O) groups excluding carboxylic acids is 2. The van der Waals surface area contributed by atoms with Crippen molar-refractivity contribution in [2.75, 3.05) is 13.1 Å². The summed E-state index contributed by atoms with van der Waals surface area (Å²) in [6, 6.07) is 8.93. The van der Waals surface area contributed by atoms with Gasteiger partial charge in [-0.1, -0.05) is 49.6 Å². The molecule has 1 aliphatic carbocycles. The van der Waals surface area contributed by atoms with Crippen molar-refractivity contribution in [1.82, 2.24) is 15.5 Å². The van der Waals surface area contributed by atoms with E-state index in [1.807, 2.05) is 30.3 Å². The highest BCUT2D eigenvalue weighted by molar-refractivity contribution is 5.86. The number of benzene rings is 1. The molecule has 3 N–H and O–H groups in total. The SMILES string of the molecule is O=C(O)CN(Cc1ccccc1)C(=O)CNC(=O)NC1CCCCC1. The van der Waals surface area contributed by atoms with Gasteiger partial charge in [0.25, 0.3) is 0 Å². The smallest absolute Gasteiger partial charge is 0.323 e. The van der Waals surface area contributed by atoms with Crippen molar-refractivity contribution >= 4 is 17.9 Å². The summed E-state index contributed by atoms with van der Waals surface area (Å²) in [6.07, 6.45) is 5.32. The maximum atomic E-state index is 12.3. The Balaban J connectivity index is 1.83. The molecule has 1 aliphatic rings. The Kier molecular flexibility index (Phi) is 7.25. The number of amides is 3. The van der Waals surface area contributed by atoms with E-state index in [1.54, 1.807) is 0 Å². The van der Waals surface area contributed by atoms with E-state index in [0.717, 1.165) is 31.2 Å². The second kappa shape index (κ2) is 9.66. The number of nitrogens with zero attached hydrogens (tertiary/aromatic N) is 1. The van der Waals surface area contributed by atoms with Gasteiger partial charge in [0.2, 0.25) is 5.91 Å². The number of hydrogen-bond acceptors (Lipinski definition) is 3. The normalized spacial score (nSPS) is 14.6.